The van der Waals surface area contributed by atoms with Gasteiger partial charge < -0.3 is 4.81 Å². The normalized spacial score (nSPS) is 26.0. The lowest BCUT2D eigenvalue weighted by Gasteiger charge is -2.31. The molecule has 0 aromatic carbocycles. The third kappa shape index (κ3) is 3.12. The van der Waals surface area contributed by atoms with Gasteiger partial charge in [-0.25, -0.2) is 0 Å². The average Bonchev–Trinajstić information content (AvgIpc) is 2.16. The molecule has 0 aliphatic carbocycles. The molecule has 1 atom stereocenters. The summed E-state index contributed by atoms with van der Waals surface area (Å²) < 4.78 is 7.33. The molecular weight excluding hydrogens is 163 g/mol. The van der Waals surface area contributed by atoms with Gasteiger partial charge in [0.2, 0.25) is 0 Å². The summed E-state index contributed by atoms with van der Waals surface area (Å²) in [6, 6.07) is -0.0766. The third-order valence-corrected chi connectivity index (χ3v) is 2.39. The van der Waals surface area contributed by atoms with E-state index in [1.807, 2.05) is 4.90 Å². The van der Waals surface area contributed by atoms with Crippen LogP contribution in [0.15, 0.2) is 0 Å². The van der Waals surface area contributed by atoms with Crippen LogP contribution in [0.3, 0.4) is 0 Å². The van der Waals surface area contributed by atoms with Crippen LogP contribution in [0.5, 0.6) is 0 Å². The maximum absolute atomic E-state index is 11.7. The van der Waals surface area contributed by atoms with E-state index in [0.717, 1.165) is 25.8 Å². The second-order valence-electron chi connectivity index (χ2n) is 3.71. The molecule has 1 aliphatic rings. The molecule has 72 valence electrons. The van der Waals surface area contributed by atoms with E-state index >= 15 is 0 Å². The number of hydrogen-bond donors (Lipinski definition) is 0. The van der Waals surface area contributed by atoms with Gasteiger partial charge >= 0.3 is 0 Å². The van der Waals surface area contributed by atoms with Crippen molar-refractivity contribution in [2.24, 2.45) is 0 Å². The summed E-state index contributed by atoms with van der Waals surface area (Å²) >= 11 is 0. The van der Waals surface area contributed by atoms with Crippen LogP contribution in [0.1, 0.15) is 20.6 Å². The molecule has 0 spiro atoms. The summed E-state index contributed by atoms with van der Waals surface area (Å²) in [6.07, 6.45) is 3.06. The highest BCUT2D eigenvalue weighted by Crippen LogP contribution is 2.15. The van der Waals surface area contributed by atoms with Crippen molar-refractivity contribution in [2.45, 2.75) is 25.3 Å². The summed E-state index contributed by atoms with van der Waals surface area (Å²) in [5.74, 6) is 0.141. The molecule has 0 aromatic rings. The van der Waals surface area contributed by atoms with Gasteiger partial charge in [0.05, 0.1) is 6.04 Å². The smallest absolute Gasteiger partial charge is 0.182 e. The standard InChI is InChI=1S/C9H17BN2O/c1-11-6-4-3-5-8(11)9(13)7-12(2)10/h8H,3-7H2,1-2H3/t8-/m0/s1/i1D. The number of likely N-dealkylation sites (tertiary alicyclic amines) is 1. The van der Waals surface area contributed by atoms with E-state index in [0.29, 0.717) is 0 Å². The zero-order valence-corrected chi connectivity index (χ0v) is 8.20. The molecule has 0 amide bonds. The van der Waals surface area contributed by atoms with Crippen LogP contribution in [0.2, 0.25) is 0 Å². The molecule has 0 aromatic heterocycles. The quantitative estimate of drug-likeness (QED) is 0.575. The van der Waals surface area contributed by atoms with Crippen LogP contribution >= 0.6 is 0 Å². The molecule has 0 bridgehead atoms. The highest BCUT2D eigenvalue weighted by atomic mass is 16.1. The van der Waals surface area contributed by atoms with Crippen LogP contribution < -0.4 is 0 Å². The van der Waals surface area contributed by atoms with Gasteiger partial charge in [0.1, 0.15) is 0 Å². The SMILES string of the molecule is [2H]CN1CCCC[C@H]1C(=O)CN([B])C. The van der Waals surface area contributed by atoms with E-state index < -0.39 is 0 Å². The van der Waals surface area contributed by atoms with Gasteiger partial charge in [-0.05, 0) is 33.5 Å². The van der Waals surface area contributed by atoms with Gasteiger partial charge in [0, 0.05) is 7.92 Å². The molecule has 1 heterocycles. The summed E-state index contributed by atoms with van der Waals surface area (Å²) in [5, 5.41) is 0. The summed E-state index contributed by atoms with van der Waals surface area (Å²) in [7, 11) is 7.33. The molecule has 1 aliphatic heterocycles. The maximum Gasteiger partial charge on any atom is 0.182 e. The van der Waals surface area contributed by atoms with Crippen LogP contribution in [0.4, 0.5) is 0 Å². The highest BCUT2D eigenvalue weighted by Gasteiger charge is 2.25. The Bertz CT molecular complexity index is 201. The van der Waals surface area contributed by atoms with Gasteiger partial charge in [-0.2, -0.15) is 0 Å². The molecule has 13 heavy (non-hydrogen) atoms. The van der Waals surface area contributed by atoms with E-state index in [-0.39, 0.29) is 25.4 Å². The second-order valence-corrected chi connectivity index (χ2v) is 3.71. The first-order chi connectivity index (χ1) is 6.65. The first kappa shape index (κ1) is 9.22. The Balaban J connectivity index is 2.50. The Hall–Kier alpha value is -0.345. The fraction of sp³-hybridized carbons (Fsp3) is 0.889. The van der Waals surface area contributed by atoms with Crippen molar-refractivity contribution in [3.63, 3.8) is 0 Å². The molecule has 1 fully saturated rings. The Kier molecular flexibility index (Phi) is 3.38. The lowest BCUT2D eigenvalue weighted by atomic mass is 9.98. The van der Waals surface area contributed by atoms with Crippen LogP contribution in [0, 0.1) is 0 Å². The Morgan fingerprint density at radius 1 is 1.77 bits per heavy atom. The van der Waals surface area contributed by atoms with Crippen LogP contribution in [-0.2, 0) is 4.79 Å². The molecule has 1 rings (SSSR count). The number of piperidine rings is 1. The molecule has 1 saturated heterocycles. The number of hydrogen-bond acceptors (Lipinski definition) is 3. The molecule has 2 radical (unpaired) electrons. The number of likely N-dealkylation sites (N-methyl/N-ethyl adjacent to an activating group) is 2. The molecular formula is C9H17BN2O. The zero-order valence-electron chi connectivity index (χ0n) is 9.20. The first-order valence-electron chi connectivity index (χ1n) is 5.37. The first-order valence-corrected chi connectivity index (χ1v) is 4.67. The van der Waals surface area contributed by atoms with Crippen molar-refractivity contribution >= 4 is 13.8 Å². The molecule has 0 N–H and O–H groups in total. The van der Waals surface area contributed by atoms with Gasteiger partial charge in [0.15, 0.2) is 13.8 Å². The van der Waals surface area contributed by atoms with E-state index in [1.54, 1.807) is 7.05 Å². The second kappa shape index (κ2) is 4.77. The van der Waals surface area contributed by atoms with E-state index in [9.17, 15) is 4.79 Å². The minimum absolute atomic E-state index is 0.0766. The van der Waals surface area contributed by atoms with Crippen molar-refractivity contribution in [2.75, 3.05) is 27.2 Å². The number of ketones is 1. The predicted molar refractivity (Wildman–Crippen MR) is 53.7 cm³/mol. The van der Waals surface area contributed by atoms with Gasteiger partial charge in [-0.3, -0.25) is 9.69 Å². The number of rotatable bonds is 3. The third-order valence-electron chi connectivity index (χ3n) is 2.39. The summed E-state index contributed by atoms with van der Waals surface area (Å²) in [6.45, 7) is 1.15. The van der Waals surface area contributed by atoms with Crippen molar-refractivity contribution in [3.8, 4) is 0 Å². The molecule has 0 unspecified atom stereocenters. The Labute approximate surface area is 82.9 Å². The van der Waals surface area contributed by atoms with E-state index in [2.05, 4.69) is 0 Å². The average molecular weight is 181 g/mol. The Morgan fingerprint density at radius 3 is 3.15 bits per heavy atom. The topological polar surface area (TPSA) is 23.6 Å². The van der Waals surface area contributed by atoms with Gasteiger partial charge in [-0.1, -0.05) is 6.42 Å². The van der Waals surface area contributed by atoms with Gasteiger partial charge in [-0.15, -0.1) is 0 Å². The van der Waals surface area contributed by atoms with Crippen molar-refractivity contribution in [3.05, 3.63) is 0 Å². The van der Waals surface area contributed by atoms with Crippen LogP contribution in [-0.4, -0.2) is 56.7 Å². The molecule has 3 nitrogen and oxygen atoms in total. The van der Waals surface area contributed by atoms with Gasteiger partial charge in [0.25, 0.3) is 0 Å². The largest absolute Gasteiger partial charge is 0.350 e. The highest BCUT2D eigenvalue weighted by molar-refractivity contribution is 6.06. The summed E-state index contributed by atoms with van der Waals surface area (Å²) in [5.41, 5.74) is 0. The molecule has 0 saturated carbocycles. The zero-order chi connectivity index (χ0) is 10.6. The van der Waals surface area contributed by atoms with E-state index in [1.165, 1.54) is 4.81 Å². The number of Topliss-reactive ketones (excluding diaryl/α,β-unsaturated/α-hetero) is 1. The minimum atomic E-state index is -0.0766. The number of nitrogens with zero attached hydrogens (tertiary/aromatic N) is 2. The predicted octanol–water partition coefficient (Wildman–Crippen LogP) is 0.0551. The number of carbonyl (C=O) groups excluding carboxylic acids is 1. The fourth-order valence-corrected chi connectivity index (χ4v) is 1.71. The fourth-order valence-electron chi connectivity index (χ4n) is 1.71. The Morgan fingerprint density at radius 2 is 2.54 bits per heavy atom. The maximum atomic E-state index is 11.7. The van der Waals surface area contributed by atoms with Crippen LogP contribution in [0.25, 0.3) is 0 Å². The minimum Gasteiger partial charge on any atom is -0.350 e. The van der Waals surface area contributed by atoms with E-state index in [4.69, 9.17) is 9.35 Å². The summed E-state index contributed by atoms with van der Waals surface area (Å²) in [4.78, 5) is 15.1. The monoisotopic (exact) mass is 181 g/mol. The van der Waals surface area contributed by atoms with Crippen molar-refractivity contribution in [1.29, 1.82) is 0 Å². The van der Waals surface area contributed by atoms with Crippen molar-refractivity contribution in [1.82, 2.24) is 9.71 Å². The van der Waals surface area contributed by atoms with Crippen molar-refractivity contribution < 1.29 is 6.17 Å². The lowest BCUT2D eigenvalue weighted by molar-refractivity contribution is -0.124. The number of carbonyl (C=O) groups is 1. The lowest BCUT2D eigenvalue weighted by Crippen LogP contribution is -2.45. The molecule has 4 heteroatoms.